The normalized spacial score (nSPS) is 9.88. The first-order chi connectivity index (χ1) is 7.78. The summed E-state index contributed by atoms with van der Waals surface area (Å²) in [5.74, 6) is 1.92. The molecule has 1 aromatic carbocycles. The second-order valence-corrected chi connectivity index (χ2v) is 3.53. The van der Waals surface area contributed by atoms with Crippen molar-refractivity contribution < 1.29 is 9.47 Å². The zero-order valence-corrected chi connectivity index (χ0v) is 9.44. The van der Waals surface area contributed by atoms with Gasteiger partial charge < -0.3 is 9.47 Å². The molecule has 1 aromatic heterocycles. The van der Waals surface area contributed by atoms with Gasteiger partial charge >= 0.3 is 0 Å². The second kappa shape index (κ2) is 4.86. The van der Waals surface area contributed by atoms with Gasteiger partial charge in [0.25, 0.3) is 0 Å². The molecule has 3 nitrogen and oxygen atoms in total. The topological polar surface area (TPSA) is 31.4 Å². The smallest absolute Gasteiger partial charge is 0.219 e. The van der Waals surface area contributed by atoms with Crippen LogP contribution in [0.25, 0.3) is 0 Å². The molecule has 82 valence electrons. The summed E-state index contributed by atoms with van der Waals surface area (Å²) in [6.45, 7) is 0. The number of ether oxygens (including phenoxy) is 2. The van der Waals surface area contributed by atoms with Gasteiger partial charge in [-0.1, -0.05) is 17.7 Å². The number of rotatable bonds is 3. The Bertz CT molecular complexity index is 471. The predicted molar refractivity (Wildman–Crippen MR) is 62.3 cm³/mol. The quantitative estimate of drug-likeness (QED) is 0.816. The van der Waals surface area contributed by atoms with Gasteiger partial charge in [-0.15, -0.1) is 0 Å². The van der Waals surface area contributed by atoms with E-state index in [0.29, 0.717) is 16.7 Å². The van der Waals surface area contributed by atoms with Gasteiger partial charge in [0.1, 0.15) is 11.5 Å². The minimum Gasteiger partial charge on any atom is -0.497 e. The Hall–Kier alpha value is -1.74. The Morgan fingerprint density at radius 2 is 1.94 bits per heavy atom. The average molecular weight is 236 g/mol. The highest BCUT2D eigenvalue weighted by Crippen LogP contribution is 2.24. The van der Waals surface area contributed by atoms with Crippen molar-refractivity contribution in [1.29, 1.82) is 0 Å². The van der Waals surface area contributed by atoms with Gasteiger partial charge in [-0.2, -0.15) is 0 Å². The summed E-state index contributed by atoms with van der Waals surface area (Å²) < 4.78 is 10.6. The van der Waals surface area contributed by atoms with E-state index in [0.717, 1.165) is 5.75 Å². The summed E-state index contributed by atoms with van der Waals surface area (Å²) in [7, 11) is 1.61. The van der Waals surface area contributed by atoms with E-state index in [-0.39, 0.29) is 0 Å². The van der Waals surface area contributed by atoms with Crippen molar-refractivity contribution in [3.8, 4) is 17.4 Å². The van der Waals surface area contributed by atoms with E-state index < -0.39 is 0 Å². The molecule has 0 N–H and O–H groups in total. The Labute approximate surface area is 98.6 Å². The van der Waals surface area contributed by atoms with Crippen molar-refractivity contribution in [1.82, 2.24) is 4.98 Å². The molecule has 2 aromatic rings. The molecule has 0 bridgehead atoms. The maximum absolute atomic E-state index is 5.72. The lowest BCUT2D eigenvalue weighted by atomic mass is 10.3. The van der Waals surface area contributed by atoms with Gasteiger partial charge in [0.2, 0.25) is 5.88 Å². The summed E-state index contributed by atoms with van der Waals surface area (Å²) in [5.41, 5.74) is 0. The Kier molecular flexibility index (Phi) is 3.27. The standard InChI is InChI=1S/C12H10ClNO2/c1-15-10-3-2-4-11(7-10)16-12-6-5-9(13)8-14-12/h2-8H,1H3. The number of hydrogen-bond donors (Lipinski definition) is 0. The molecule has 0 atom stereocenters. The molecule has 0 aliphatic rings. The van der Waals surface area contributed by atoms with Gasteiger partial charge in [0.05, 0.1) is 12.1 Å². The lowest BCUT2D eigenvalue weighted by Crippen LogP contribution is -1.88. The third-order valence-corrected chi connectivity index (χ3v) is 2.19. The number of halogens is 1. The highest BCUT2D eigenvalue weighted by Gasteiger charge is 1.99. The third-order valence-electron chi connectivity index (χ3n) is 1.96. The number of hydrogen-bond acceptors (Lipinski definition) is 3. The van der Waals surface area contributed by atoms with Crippen LogP contribution in [0.1, 0.15) is 0 Å². The van der Waals surface area contributed by atoms with E-state index in [4.69, 9.17) is 21.1 Å². The number of methoxy groups -OCH3 is 1. The fraction of sp³-hybridized carbons (Fsp3) is 0.0833. The molecule has 0 saturated heterocycles. The van der Waals surface area contributed by atoms with Crippen LogP contribution in [0.5, 0.6) is 17.4 Å². The number of pyridine rings is 1. The van der Waals surface area contributed by atoms with Crippen LogP contribution in [-0.2, 0) is 0 Å². The Morgan fingerprint density at radius 1 is 1.12 bits per heavy atom. The van der Waals surface area contributed by atoms with E-state index in [1.165, 1.54) is 6.20 Å². The van der Waals surface area contributed by atoms with Crippen molar-refractivity contribution in [2.24, 2.45) is 0 Å². The monoisotopic (exact) mass is 235 g/mol. The zero-order valence-electron chi connectivity index (χ0n) is 8.68. The maximum atomic E-state index is 5.72. The minimum atomic E-state index is 0.498. The molecule has 0 unspecified atom stereocenters. The molecule has 0 fully saturated rings. The largest absolute Gasteiger partial charge is 0.497 e. The van der Waals surface area contributed by atoms with Gasteiger partial charge in [-0.25, -0.2) is 4.98 Å². The van der Waals surface area contributed by atoms with Crippen LogP contribution in [0.15, 0.2) is 42.6 Å². The van der Waals surface area contributed by atoms with Crippen LogP contribution >= 0.6 is 11.6 Å². The molecule has 16 heavy (non-hydrogen) atoms. The first-order valence-electron chi connectivity index (χ1n) is 4.71. The molecule has 0 spiro atoms. The van der Waals surface area contributed by atoms with E-state index in [1.807, 2.05) is 18.2 Å². The number of aromatic nitrogens is 1. The second-order valence-electron chi connectivity index (χ2n) is 3.10. The van der Waals surface area contributed by atoms with E-state index >= 15 is 0 Å². The molecule has 4 heteroatoms. The molecule has 0 radical (unpaired) electrons. The number of nitrogens with zero attached hydrogens (tertiary/aromatic N) is 1. The van der Waals surface area contributed by atoms with Crippen LogP contribution < -0.4 is 9.47 Å². The lowest BCUT2D eigenvalue weighted by Gasteiger charge is -2.05. The zero-order chi connectivity index (χ0) is 11.4. The fourth-order valence-electron chi connectivity index (χ4n) is 1.21. The van der Waals surface area contributed by atoms with Crippen LogP contribution in [0, 0.1) is 0 Å². The van der Waals surface area contributed by atoms with Crippen LogP contribution in [0.4, 0.5) is 0 Å². The maximum Gasteiger partial charge on any atom is 0.219 e. The van der Waals surface area contributed by atoms with Crippen molar-refractivity contribution in [2.75, 3.05) is 7.11 Å². The lowest BCUT2D eigenvalue weighted by molar-refractivity contribution is 0.407. The van der Waals surface area contributed by atoms with Crippen molar-refractivity contribution in [2.45, 2.75) is 0 Å². The minimum absolute atomic E-state index is 0.498. The van der Waals surface area contributed by atoms with Gasteiger partial charge in [-0.05, 0) is 18.2 Å². The summed E-state index contributed by atoms with van der Waals surface area (Å²) in [6, 6.07) is 10.8. The fourth-order valence-corrected chi connectivity index (χ4v) is 1.32. The molecule has 0 amide bonds. The highest BCUT2D eigenvalue weighted by atomic mass is 35.5. The Balaban J connectivity index is 2.16. The first-order valence-corrected chi connectivity index (χ1v) is 5.09. The molecular weight excluding hydrogens is 226 g/mol. The Morgan fingerprint density at radius 3 is 2.62 bits per heavy atom. The molecule has 1 heterocycles. The van der Waals surface area contributed by atoms with Crippen LogP contribution in [-0.4, -0.2) is 12.1 Å². The van der Waals surface area contributed by atoms with Crippen molar-refractivity contribution in [3.05, 3.63) is 47.6 Å². The average Bonchev–Trinajstić information content (AvgIpc) is 2.32. The summed E-state index contributed by atoms with van der Waals surface area (Å²) in [4.78, 5) is 4.03. The van der Waals surface area contributed by atoms with E-state index in [1.54, 1.807) is 25.3 Å². The molecule has 0 saturated carbocycles. The van der Waals surface area contributed by atoms with Gasteiger partial charge in [-0.3, -0.25) is 0 Å². The van der Waals surface area contributed by atoms with Crippen molar-refractivity contribution >= 4 is 11.6 Å². The van der Waals surface area contributed by atoms with E-state index in [9.17, 15) is 0 Å². The first kappa shape index (κ1) is 10.8. The van der Waals surface area contributed by atoms with Crippen LogP contribution in [0.2, 0.25) is 5.02 Å². The molecule has 0 aliphatic carbocycles. The molecule has 2 rings (SSSR count). The molecular formula is C12H10ClNO2. The summed E-state index contributed by atoms with van der Waals surface area (Å²) >= 11 is 5.72. The number of benzene rings is 1. The van der Waals surface area contributed by atoms with Crippen LogP contribution in [0.3, 0.4) is 0 Å². The highest BCUT2D eigenvalue weighted by molar-refractivity contribution is 6.30. The van der Waals surface area contributed by atoms with E-state index in [2.05, 4.69) is 4.98 Å². The molecule has 0 aliphatic heterocycles. The van der Waals surface area contributed by atoms with Crippen molar-refractivity contribution in [3.63, 3.8) is 0 Å². The summed E-state index contributed by atoms with van der Waals surface area (Å²) in [5, 5.41) is 0.581. The summed E-state index contributed by atoms with van der Waals surface area (Å²) in [6.07, 6.45) is 1.54. The third kappa shape index (κ3) is 2.64. The SMILES string of the molecule is COc1cccc(Oc2ccc(Cl)cn2)c1. The van der Waals surface area contributed by atoms with Gasteiger partial charge in [0.15, 0.2) is 0 Å². The predicted octanol–water partition coefficient (Wildman–Crippen LogP) is 3.54. The van der Waals surface area contributed by atoms with Gasteiger partial charge in [0, 0.05) is 18.3 Å².